The van der Waals surface area contributed by atoms with Gasteiger partial charge in [-0.1, -0.05) is 0 Å². The zero-order valence-corrected chi connectivity index (χ0v) is 10.8. The zero-order valence-electron chi connectivity index (χ0n) is 10.8. The molecule has 1 fully saturated rings. The highest BCUT2D eigenvalue weighted by Crippen LogP contribution is 2.18. The number of carbonyl (C=O) groups excluding carboxylic acids is 2. The number of carboxylic acids is 1. The van der Waals surface area contributed by atoms with Crippen molar-refractivity contribution in [3.05, 3.63) is 23.7 Å². The summed E-state index contributed by atoms with van der Waals surface area (Å²) in [4.78, 5) is 33.6. The fraction of sp³-hybridized carbons (Fsp3) is 0.462. The molecule has 0 unspecified atom stereocenters. The quantitative estimate of drug-likeness (QED) is 0.639. The average molecular weight is 280 g/mol. The van der Waals surface area contributed by atoms with Crippen molar-refractivity contribution in [2.45, 2.75) is 31.7 Å². The first-order valence-electron chi connectivity index (χ1n) is 6.45. The van der Waals surface area contributed by atoms with E-state index >= 15 is 0 Å². The lowest BCUT2D eigenvalue weighted by molar-refractivity contribution is -0.121. The highest BCUT2D eigenvalue weighted by Gasteiger charge is 2.22. The first-order chi connectivity index (χ1) is 9.56. The molecule has 0 aliphatic heterocycles. The molecule has 1 aromatic rings. The number of amides is 2. The van der Waals surface area contributed by atoms with Gasteiger partial charge in [-0.05, 0) is 19.3 Å². The molecule has 0 spiro atoms. The number of carbonyl (C=O) groups is 3. The monoisotopic (exact) mass is 280 g/mol. The van der Waals surface area contributed by atoms with E-state index in [0.717, 1.165) is 25.2 Å². The number of hydrogen-bond donors (Lipinski definition) is 3. The molecule has 108 valence electrons. The molecule has 3 N–H and O–H groups in total. The molecule has 7 nitrogen and oxygen atoms in total. The summed E-state index contributed by atoms with van der Waals surface area (Å²) < 4.78 is 4.85. The Bertz CT molecular complexity index is 519. The molecule has 1 heterocycles. The summed E-state index contributed by atoms with van der Waals surface area (Å²) >= 11 is 0. The fourth-order valence-corrected chi connectivity index (χ4v) is 1.63. The lowest BCUT2D eigenvalue weighted by atomic mass is 10.2. The standard InChI is InChI=1S/C13H16N2O5/c16-11(15-9-3-4-9)2-1-5-14-12(17)10-6-8(7-20-10)13(18)19/h6-7,9H,1-5H2,(H,14,17)(H,15,16)(H,18,19). The molecule has 0 radical (unpaired) electrons. The van der Waals surface area contributed by atoms with Crippen LogP contribution in [0.25, 0.3) is 0 Å². The van der Waals surface area contributed by atoms with E-state index < -0.39 is 11.9 Å². The van der Waals surface area contributed by atoms with Gasteiger partial charge in [0.15, 0.2) is 5.76 Å². The lowest BCUT2D eigenvalue weighted by Gasteiger charge is -2.04. The van der Waals surface area contributed by atoms with Crippen LogP contribution in [0, 0.1) is 0 Å². The Morgan fingerprint density at radius 1 is 1.35 bits per heavy atom. The lowest BCUT2D eigenvalue weighted by Crippen LogP contribution is -2.28. The van der Waals surface area contributed by atoms with Gasteiger partial charge < -0.3 is 20.2 Å². The van der Waals surface area contributed by atoms with E-state index in [9.17, 15) is 14.4 Å². The third-order valence-corrected chi connectivity index (χ3v) is 2.88. The largest absolute Gasteiger partial charge is 0.478 e. The third-order valence-electron chi connectivity index (χ3n) is 2.88. The summed E-state index contributed by atoms with van der Waals surface area (Å²) in [7, 11) is 0. The van der Waals surface area contributed by atoms with E-state index in [1.165, 1.54) is 0 Å². The van der Waals surface area contributed by atoms with Crippen LogP contribution in [0.1, 0.15) is 46.6 Å². The summed E-state index contributed by atoms with van der Waals surface area (Å²) in [5.74, 6) is -1.69. The van der Waals surface area contributed by atoms with Crippen molar-refractivity contribution in [1.29, 1.82) is 0 Å². The van der Waals surface area contributed by atoms with Gasteiger partial charge in [0, 0.05) is 25.1 Å². The van der Waals surface area contributed by atoms with Crippen molar-refractivity contribution in [3.63, 3.8) is 0 Å². The van der Waals surface area contributed by atoms with Gasteiger partial charge in [0.1, 0.15) is 6.26 Å². The van der Waals surface area contributed by atoms with Crippen LogP contribution in [0.15, 0.2) is 16.7 Å². The minimum absolute atomic E-state index is 0.00656. The maximum atomic E-state index is 11.6. The van der Waals surface area contributed by atoms with E-state index in [0.29, 0.717) is 25.4 Å². The molecule has 1 aromatic heterocycles. The van der Waals surface area contributed by atoms with Gasteiger partial charge in [-0.15, -0.1) is 0 Å². The predicted molar refractivity (Wildman–Crippen MR) is 68.4 cm³/mol. The molecule has 20 heavy (non-hydrogen) atoms. The van der Waals surface area contributed by atoms with Gasteiger partial charge in [0.2, 0.25) is 5.91 Å². The van der Waals surface area contributed by atoms with Crippen LogP contribution in [0.2, 0.25) is 0 Å². The Labute approximate surface area is 115 Å². The molecule has 2 rings (SSSR count). The third kappa shape index (κ3) is 4.11. The molecule has 0 bridgehead atoms. The molecule has 1 aliphatic rings. The zero-order chi connectivity index (χ0) is 14.5. The van der Waals surface area contributed by atoms with Crippen LogP contribution in [-0.4, -0.2) is 35.5 Å². The van der Waals surface area contributed by atoms with Crippen LogP contribution in [0.3, 0.4) is 0 Å². The van der Waals surface area contributed by atoms with Crippen molar-refractivity contribution in [2.24, 2.45) is 0 Å². The van der Waals surface area contributed by atoms with Crippen LogP contribution >= 0.6 is 0 Å². The molecule has 1 saturated carbocycles. The number of rotatable bonds is 7. The van der Waals surface area contributed by atoms with Crippen molar-refractivity contribution >= 4 is 17.8 Å². The fourth-order valence-electron chi connectivity index (χ4n) is 1.63. The number of aromatic carboxylic acids is 1. The van der Waals surface area contributed by atoms with Crippen LogP contribution in [0.5, 0.6) is 0 Å². The topological polar surface area (TPSA) is 109 Å². The Balaban J connectivity index is 1.66. The maximum absolute atomic E-state index is 11.6. The minimum atomic E-state index is -1.15. The predicted octanol–water partition coefficient (Wildman–Crippen LogP) is 0.766. The van der Waals surface area contributed by atoms with Gasteiger partial charge >= 0.3 is 5.97 Å². The molecule has 1 aliphatic carbocycles. The SMILES string of the molecule is O=C(CCCNC(=O)c1cc(C(=O)O)co1)NC1CC1. The second-order valence-corrected chi connectivity index (χ2v) is 4.71. The normalized spacial score (nSPS) is 13.8. The van der Waals surface area contributed by atoms with E-state index in [4.69, 9.17) is 9.52 Å². The molecular weight excluding hydrogens is 264 g/mol. The van der Waals surface area contributed by atoms with E-state index in [-0.39, 0.29) is 17.2 Å². The molecule has 0 saturated heterocycles. The Hall–Kier alpha value is -2.31. The Morgan fingerprint density at radius 3 is 2.70 bits per heavy atom. The van der Waals surface area contributed by atoms with Crippen molar-refractivity contribution < 1.29 is 23.9 Å². The number of carboxylic acid groups (broad SMARTS) is 1. The molecule has 0 aromatic carbocycles. The summed E-state index contributed by atoms with van der Waals surface area (Å²) in [6.07, 6.45) is 3.99. The smallest absolute Gasteiger partial charge is 0.338 e. The first-order valence-corrected chi connectivity index (χ1v) is 6.45. The van der Waals surface area contributed by atoms with E-state index in [1.807, 2.05) is 0 Å². The molecule has 7 heteroatoms. The summed E-state index contributed by atoms with van der Waals surface area (Å²) in [5, 5.41) is 14.1. The van der Waals surface area contributed by atoms with Crippen LogP contribution in [-0.2, 0) is 4.79 Å². The first kappa shape index (κ1) is 14.1. The van der Waals surface area contributed by atoms with Gasteiger partial charge in [0.25, 0.3) is 5.91 Å². The second-order valence-electron chi connectivity index (χ2n) is 4.71. The number of hydrogen-bond acceptors (Lipinski definition) is 4. The van der Waals surface area contributed by atoms with E-state index in [2.05, 4.69) is 10.6 Å². The second kappa shape index (κ2) is 6.23. The van der Waals surface area contributed by atoms with Gasteiger partial charge in [-0.25, -0.2) is 4.79 Å². The van der Waals surface area contributed by atoms with Crippen LogP contribution < -0.4 is 10.6 Å². The minimum Gasteiger partial charge on any atom is -0.478 e. The summed E-state index contributed by atoms with van der Waals surface area (Å²) in [6.45, 7) is 0.333. The molecule has 0 atom stereocenters. The number of furan rings is 1. The van der Waals surface area contributed by atoms with Crippen molar-refractivity contribution in [2.75, 3.05) is 6.54 Å². The van der Waals surface area contributed by atoms with Gasteiger partial charge in [-0.3, -0.25) is 9.59 Å². The highest BCUT2D eigenvalue weighted by molar-refractivity contribution is 5.95. The highest BCUT2D eigenvalue weighted by atomic mass is 16.4. The van der Waals surface area contributed by atoms with Crippen LogP contribution in [0.4, 0.5) is 0 Å². The number of nitrogens with one attached hydrogen (secondary N) is 2. The summed E-state index contributed by atoms with van der Waals surface area (Å²) in [6, 6.07) is 1.51. The van der Waals surface area contributed by atoms with Crippen molar-refractivity contribution in [1.82, 2.24) is 10.6 Å². The summed E-state index contributed by atoms with van der Waals surface area (Å²) in [5.41, 5.74) is -0.0704. The van der Waals surface area contributed by atoms with Gasteiger partial charge in [0.05, 0.1) is 5.56 Å². The Morgan fingerprint density at radius 2 is 2.10 bits per heavy atom. The Kier molecular flexibility index (Phi) is 4.39. The van der Waals surface area contributed by atoms with Gasteiger partial charge in [-0.2, -0.15) is 0 Å². The van der Waals surface area contributed by atoms with E-state index in [1.54, 1.807) is 0 Å². The average Bonchev–Trinajstić information content (AvgIpc) is 3.07. The van der Waals surface area contributed by atoms with Crippen molar-refractivity contribution in [3.8, 4) is 0 Å². The maximum Gasteiger partial charge on any atom is 0.338 e. The molecule has 2 amide bonds. The molecular formula is C13H16N2O5.